The lowest BCUT2D eigenvalue weighted by Crippen LogP contribution is -2.50. The molecule has 2 aliphatic carbocycles. The van der Waals surface area contributed by atoms with Crippen LogP contribution in [0.15, 0.2) is 0 Å². The van der Waals surface area contributed by atoms with Crippen molar-refractivity contribution in [3.8, 4) is 0 Å². The van der Waals surface area contributed by atoms with Gasteiger partial charge in [-0.3, -0.25) is 0 Å². The largest absolute Gasteiger partial charge is 0.564 e. The molecule has 1 N–H and O–H groups in total. The van der Waals surface area contributed by atoms with Crippen molar-refractivity contribution in [1.82, 2.24) is 0 Å². The van der Waals surface area contributed by atoms with Gasteiger partial charge in [0.25, 0.3) is 0 Å². The van der Waals surface area contributed by atoms with Gasteiger partial charge in [0.15, 0.2) is 6.04 Å². The smallest absolute Gasteiger partial charge is 0.152 e. The van der Waals surface area contributed by atoms with Crippen molar-refractivity contribution in [2.75, 3.05) is 0 Å². The molecule has 2 fully saturated rings. The molecule has 0 spiro atoms. The summed E-state index contributed by atoms with van der Waals surface area (Å²) in [6.45, 7) is 0. The highest BCUT2D eigenvalue weighted by Gasteiger charge is 2.34. The zero-order chi connectivity index (χ0) is 15.7. The van der Waals surface area contributed by atoms with Crippen LogP contribution < -0.4 is 0 Å². The Morgan fingerprint density at radius 1 is 0.636 bits per heavy atom. The third kappa shape index (κ3) is 6.53. The van der Waals surface area contributed by atoms with Crippen LogP contribution in [-0.2, 0) is 4.84 Å². The van der Waals surface area contributed by atoms with Crippen LogP contribution in [0.3, 0.4) is 0 Å². The van der Waals surface area contributed by atoms with Crippen LogP contribution in [-0.4, -0.2) is 22.3 Å². The van der Waals surface area contributed by atoms with Gasteiger partial charge in [0.2, 0.25) is 0 Å². The average Bonchev–Trinajstić information content (AvgIpc) is 2.51. The molecule has 2 rings (SSSR count). The quantitative estimate of drug-likeness (QED) is 0.543. The van der Waals surface area contributed by atoms with E-state index in [9.17, 15) is 10.4 Å². The maximum absolute atomic E-state index is 12.5. The van der Waals surface area contributed by atoms with Gasteiger partial charge in [-0.15, -0.1) is 0 Å². The Bertz CT molecular complexity index is 278. The fourth-order valence-electron chi connectivity index (χ4n) is 3.94. The monoisotopic (exact) mass is 313 g/mol. The Labute approximate surface area is 135 Å². The molecule has 0 amide bonds. The van der Waals surface area contributed by atoms with Gasteiger partial charge >= 0.3 is 0 Å². The maximum atomic E-state index is 12.5. The summed E-state index contributed by atoms with van der Waals surface area (Å²) in [5.74, 6) is 0. The van der Waals surface area contributed by atoms with Gasteiger partial charge in [0.1, 0.15) is 6.10 Å². The van der Waals surface area contributed by atoms with Crippen LogP contribution in [0.1, 0.15) is 103 Å². The van der Waals surface area contributed by atoms with Gasteiger partial charge in [-0.25, -0.2) is 0 Å². The molecule has 0 aromatic rings. The van der Waals surface area contributed by atoms with E-state index >= 15 is 0 Å². The number of quaternary nitrogens is 1. The van der Waals surface area contributed by atoms with E-state index in [0.717, 1.165) is 51.4 Å². The Kier molecular flexibility index (Phi) is 8.15. The molecule has 1 atom stereocenters. The fourth-order valence-corrected chi connectivity index (χ4v) is 3.94. The SMILES string of the molecule is [O-][N+](O)(OC1CCCCCCCCCCC1)C1CCCCC1. The van der Waals surface area contributed by atoms with Gasteiger partial charge in [0.05, 0.1) is 0 Å². The van der Waals surface area contributed by atoms with Gasteiger partial charge < -0.3 is 5.21 Å². The summed E-state index contributed by atoms with van der Waals surface area (Å²) in [4.78, 5) is 4.22. The normalized spacial score (nSPS) is 27.5. The molecule has 0 saturated heterocycles. The molecular formula is C18H35NO3. The predicted octanol–water partition coefficient (Wildman–Crippen LogP) is 5.63. The molecule has 0 aromatic carbocycles. The molecule has 2 saturated carbocycles. The van der Waals surface area contributed by atoms with Crippen molar-refractivity contribution in [1.29, 1.82) is 0 Å². The Hall–Kier alpha value is -0.160. The highest BCUT2D eigenvalue weighted by Crippen LogP contribution is 2.29. The van der Waals surface area contributed by atoms with Crippen molar-refractivity contribution in [3.63, 3.8) is 0 Å². The van der Waals surface area contributed by atoms with Crippen molar-refractivity contribution in [2.45, 2.75) is 115 Å². The Balaban J connectivity index is 1.82. The first kappa shape index (κ1) is 18.2. The van der Waals surface area contributed by atoms with Crippen molar-refractivity contribution in [2.24, 2.45) is 0 Å². The lowest BCUT2D eigenvalue weighted by Gasteiger charge is -2.41. The zero-order valence-electron chi connectivity index (χ0n) is 14.2. The molecule has 2 aliphatic rings. The number of rotatable bonds is 3. The molecule has 4 heteroatoms. The van der Waals surface area contributed by atoms with Crippen molar-refractivity contribution < 1.29 is 15.0 Å². The van der Waals surface area contributed by atoms with Crippen LogP contribution in [0, 0.1) is 5.21 Å². The third-order valence-electron chi connectivity index (χ3n) is 5.39. The minimum absolute atomic E-state index is 0.0659. The van der Waals surface area contributed by atoms with E-state index in [-0.39, 0.29) is 12.1 Å². The summed E-state index contributed by atoms with van der Waals surface area (Å²) < 4.78 is 0. The van der Waals surface area contributed by atoms with E-state index in [1.165, 1.54) is 51.4 Å². The van der Waals surface area contributed by atoms with Gasteiger partial charge in [-0.1, -0.05) is 69.2 Å². The van der Waals surface area contributed by atoms with Crippen LogP contribution in [0.2, 0.25) is 0 Å². The average molecular weight is 313 g/mol. The first-order valence-electron chi connectivity index (χ1n) is 9.69. The molecule has 130 valence electrons. The lowest BCUT2D eigenvalue weighted by atomic mass is 9.96. The summed E-state index contributed by atoms with van der Waals surface area (Å²) in [7, 11) is 0. The number of hydrogen-bond acceptors (Lipinski definition) is 3. The first-order chi connectivity index (χ1) is 10.7. The third-order valence-corrected chi connectivity index (χ3v) is 5.39. The van der Waals surface area contributed by atoms with Crippen molar-refractivity contribution >= 4 is 0 Å². The van der Waals surface area contributed by atoms with Gasteiger partial charge in [-0.2, -0.15) is 10.0 Å². The van der Waals surface area contributed by atoms with Crippen LogP contribution in [0.25, 0.3) is 0 Å². The Morgan fingerprint density at radius 2 is 1.00 bits per heavy atom. The maximum Gasteiger partial charge on any atom is 0.152 e. The first-order valence-corrected chi connectivity index (χ1v) is 9.69. The van der Waals surface area contributed by atoms with Crippen LogP contribution >= 0.6 is 0 Å². The van der Waals surface area contributed by atoms with Crippen LogP contribution in [0.5, 0.6) is 0 Å². The molecular weight excluding hydrogens is 278 g/mol. The summed E-state index contributed by atoms with van der Waals surface area (Å²) in [5, 5.41) is 22.7. The van der Waals surface area contributed by atoms with E-state index < -0.39 is 4.97 Å². The summed E-state index contributed by atoms with van der Waals surface area (Å²) in [6, 6.07) is -0.268. The summed E-state index contributed by atoms with van der Waals surface area (Å²) >= 11 is 0. The molecule has 0 aliphatic heterocycles. The number of hydroxylamine groups is 3. The second kappa shape index (κ2) is 9.86. The highest BCUT2D eigenvalue weighted by molar-refractivity contribution is 4.65. The van der Waals surface area contributed by atoms with Crippen molar-refractivity contribution in [3.05, 3.63) is 5.21 Å². The lowest BCUT2D eigenvalue weighted by molar-refractivity contribution is -1.23. The van der Waals surface area contributed by atoms with Gasteiger partial charge in [-0.05, 0) is 25.7 Å². The highest BCUT2D eigenvalue weighted by atomic mass is 17.1. The van der Waals surface area contributed by atoms with E-state index in [1.807, 2.05) is 0 Å². The number of nitrogens with zero attached hydrogens (tertiary/aromatic N) is 1. The predicted molar refractivity (Wildman–Crippen MR) is 87.9 cm³/mol. The summed E-state index contributed by atoms with van der Waals surface area (Å²) in [6.07, 6.45) is 18.0. The molecule has 0 aromatic heterocycles. The van der Waals surface area contributed by atoms with E-state index in [1.54, 1.807) is 0 Å². The second-order valence-corrected chi connectivity index (χ2v) is 7.34. The molecule has 0 heterocycles. The minimum Gasteiger partial charge on any atom is -0.564 e. The van der Waals surface area contributed by atoms with Crippen LogP contribution in [0.4, 0.5) is 0 Å². The Morgan fingerprint density at radius 3 is 1.50 bits per heavy atom. The summed E-state index contributed by atoms with van der Waals surface area (Å²) in [5.41, 5.74) is 0. The molecule has 0 radical (unpaired) electrons. The standard InChI is InChI=1S/C18H35NO3/c20-19(21,17-13-9-8-10-14-17)22-18-15-11-6-4-2-1-3-5-7-12-16-18/h17-18,20H,1-16H2. The number of hydrogen-bond donors (Lipinski definition) is 1. The minimum atomic E-state index is -1.44. The topological polar surface area (TPSA) is 52.5 Å². The molecule has 4 nitrogen and oxygen atoms in total. The second-order valence-electron chi connectivity index (χ2n) is 7.34. The molecule has 22 heavy (non-hydrogen) atoms. The molecule has 1 unspecified atom stereocenters. The van der Waals surface area contributed by atoms with E-state index in [2.05, 4.69) is 0 Å². The zero-order valence-corrected chi connectivity index (χ0v) is 14.2. The van der Waals surface area contributed by atoms with E-state index in [0.29, 0.717) is 0 Å². The molecule has 0 bridgehead atoms. The van der Waals surface area contributed by atoms with E-state index in [4.69, 9.17) is 4.84 Å². The fraction of sp³-hybridized carbons (Fsp3) is 1.00. The van der Waals surface area contributed by atoms with Gasteiger partial charge in [0, 0.05) is 12.8 Å².